The lowest BCUT2D eigenvalue weighted by Gasteiger charge is -2.12. The number of halogens is 1. The lowest BCUT2D eigenvalue weighted by atomic mass is 10.1. The predicted octanol–water partition coefficient (Wildman–Crippen LogP) is 3.48. The Morgan fingerprint density at radius 1 is 1.24 bits per heavy atom. The van der Waals surface area contributed by atoms with E-state index >= 15 is 0 Å². The van der Waals surface area contributed by atoms with Crippen LogP contribution in [0.2, 0.25) is 5.02 Å². The van der Waals surface area contributed by atoms with Crippen molar-refractivity contribution in [3.8, 4) is 0 Å². The van der Waals surface area contributed by atoms with Crippen LogP contribution in [0.3, 0.4) is 0 Å². The third-order valence-corrected chi connectivity index (χ3v) is 5.77. The number of primary sulfonamides is 1. The van der Waals surface area contributed by atoms with Gasteiger partial charge in [-0.05, 0) is 54.8 Å². The summed E-state index contributed by atoms with van der Waals surface area (Å²) in [6.45, 7) is 3.59. The Bertz CT molecular complexity index is 899. The summed E-state index contributed by atoms with van der Waals surface area (Å²) in [5, 5.41) is 8.59. The number of hydrogen-bond donors (Lipinski definition) is 2. The zero-order chi connectivity index (χ0) is 18.6. The zero-order valence-corrected chi connectivity index (χ0v) is 16.3. The summed E-state index contributed by atoms with van der Waals surface area (Å²) in [7, 11) is -3.83. The molecule has 134 valence electrons. The molecule has 0 fully saturated rings. The molecule has 25 heavy (non-hydrogen) atoms. The summed E-state index contributed by atoms with van der Waals surface area (Å²) in [6.07, 6.45) is 0. The Morgan fingerprint density at radius 2 is 1.96 bits per heavy atom. The maximum atomic E-state index is 12.2. The molecule has 2 aromatic rings. The summed E-state index contributed by atoms with van der Waals surface area (Å²) in [6, 6.07) is 10.3. The molecule has 0 atom stereocenters. The maximum Gasteiger partial charge on any atom is 0.238 e. The van der Waals surface area contributed by atoms with Crippen LogP contribution in [0.25, 0.3) is 0 Å². The van der Waals surface area contributed by atoms with Crippen LogP contribution in [0.5, 0.6) is 0 Å². The molecule has 0 spiro atoms. The summed E-state index contributed by atoms with van der Waals surface area (Å²) in [5.74, 6) is 0.689. The summed E-state index contributed by atoms with van der Waals surface area (Å²) in [4.78, 5) is 12.1. The highest BCUT2D eigenvalue weighted by Crippen LogP contribution is 2.24. The number of sulfonamides is 1. The third kappa shape index (κ3) is 5.74. The first kappa shape index (κ1) is 19.8. The van der Waals surface area contributed by atoms with Crippen LogP contribution in [-0.4, -0.2) is 20.1 Å². The van der Waals surface area contributed by atoms with Gasteiger partial charge in [0.2, 0.25) is 15.9 Å². The number of nitrogens with two attached hydrogens (primary N) is 1. The number of hydrogen-bond acceptors (Lipinski definition) is 4. The van der Waals surface area contributed by atoms with Gasteiger partial charge in [-0.2, -0.15) is 0 Å². The first-order valence-corrected chi connectivity index (χ1v) is 10.5. The van der Waals surface area contributed by atoms with Crippen molar-refractivity contribution < 1.29 is 13.2 Å². The van der Waals surface area contributed by atoms with Gasteiger partial charge in [0.15, 0.2) is 0 Å². The molecule has 2 aromatic carbocycles. The van der Waals surface area contributed by atoms with Gasteiger partial charge in [-0.1, -0.05) is 23.7 Å². The Balaban J connectivity index is 2.01. The summed E-state index contributed by atoms with van der Waals surface area (Å²) < 4.78 is 23.1. The molecular formula is C17H19ClN2O3S2. The Kier molecular flexibility index (Phi) is 6.51. The Labute approximate surface area is 157 Å². The van der Waals surface area contributed by atoms with Gasteiger partial charge in [0.25, 0.3) is 0 Å². The summed E-state index contributed by atoms with van der Waals surface area (Å²) >= 11 is 7.38. The van der Waals surface area contributed by atoms with Crippen LogP contribution in [-0.2, 0) is 20.6 Å². The van der Waals surface area contributed by atoms with Crippen molar-refractivity contribution in [2.24, 2.45) is 5.14 Å². The van der Waals surface area contributed by atoms with Gasteiger partial charge >= 0.3 is 0 Å². The van der Waals surface area contributed by atoms with Gasteiger partial charge in [0.05, 0.1) is 10.6 Å². The fraction of sp³-hybridized carbons (Fsp3) is 0.235. The smallest absolute Gasteiger partial charge is 0.238 e. The zero-order valence-electron chi connectivity index (χ0n) is 13.9. The molecule has 0 radical (unpaired) electrons. The van der Waals surface area contributed by atoms with E-state index in [-0.39, 0.29) is 16.6 Å². The lowest BCUT2D eigenvalue weighted by molar-refractivity contribution is -0.113. The maximum absolute atomic E-state index is 12.2. The number of anilines is 1. The van der Waals surface area contributed by atoms with Gasteiger partial charge in [-0.15, -0.1) is 11.8 Å². The molecule has 3 N–H and O–H groups in total. The second kappa shape index (κ2) is 8.23. The molecular weight excluding hydrogens is 380 g/mol. The number of carbonyl (C=O) groups excluding carboxylic acids is 1. The minimum atomic E-state index is -3.83. The van der Waals surface area contributed by atoms with Crippen LogP contribution in [0.15, 0.2) is 41.3 Å². The predicted molar refractivity (Wildman–Crippen MR) is 104 cm³/mol. The standard InChI is InChI=1S/C17H19ClN2O3S2/c1-11-6-15(25(19,22)23)8-16(12(11)2)20-17(21)10-24-9-13-4-3-5-14(18)7-13/h3-8H,9-10H2,1-2H3,(H,20,21)(H2,19,22,23). The van der Waals surface area contributed by atoms with Gasteiger partial charge in [0.1, 0.15) is 0 Å². The van der Waals surface area contributed by atoms with Crippen molar-refractivity contribution >= 4 is 45.0 Å². The van der Waals surface area contributed by atoms with E-state index in [2.05, 4.69) is 5.32 Å². The fourth-order valence-electron chi connectivity index (χ4n) is 2.19. The second-order valence-electron chi connectivity index (χ2n) is 5.63. The SMILES string of the molecule is Cc1cc(S(N)(=O)=O)cc(NC(=O)CSCc2cccc(Cl)c2)c1C. The molecule has 8 heteroatoms. The number of amides is 1. The van der Waals surface area contributed by atoms with Crippen molar-refractivity contribution in [3.05, 3.63) is 58.1 Å². The van der Waals surface area contributed by atoms with Crippen molar-refractivity contribution in [3.63, 3.8) is 0 Å². The average molecular weight is 399 g/mol. The molecule has 2 rings (SSSR count). The monoisotopic (exact) mass is 398 g/mol. The Morgan fingerprint density at radius 3 is 2.60 bits per heavy atom. The highest BCUT2D eigenvalue weighted by Gasteiger charge is 2.14. The van der Waals surface area contributed by atoms with Crippen LogP contribution < -0.4 is 10.5 Å². The molecule has 0 saturated carbocycles. The average Bonchev–Trinajstić information content (AvgIpc) is 2.50. The van der Waals surface area contributed by atoms with E-state index in [1.165, 1.54) is 23.9 Å². The first-order chi connectivity index (χ1) is 11.7. The Hall–Kier alpha value is -1.54. The largest absolute Gasteiger partial charge is 0.325 e. The van der Waals surface area contributed by atoms with E-state index in [0.29, 0.717) is 16.5 Å². The topological polar surface area (TPSA) is 89.3 Å². The number of rotatable bonds is 6. The van der Waals surface area contributed by atoms with E-state index in [0.717, 1.165) is 16.7 Å². The van der Waals surface area contributed by atoms with E-state index in [4.69, 9.17) is 16.7 Å². The van der Waals surface area contributed by atoms with E-state index < -0.39 is 10.0 Å². The van der Waals surface area contributed by atoms with Crippen LogP contribution in [0, 0.1) is 13.8 Å². The third-order valence-electron chi connectivity index (χ3n) is 3.63. The molecule has 0 aliphatic rings. The van der Waals surface area contributed by atoms with Crippen LogP contribution in [0.4, 0.5) is 5.69 Å². The number of benzene rings is 2. The molecule has 0 heterocycles. The van der Waals surface area contributed by atoms with Crippen LogP contribution >= 0.6 is 23.4 Å². The summed E-state index contributed by atoms with van der Waals surface area (Å²) in [5.41, 5.74) is 3.04. The number of aryl methyl sites for hydroxylation is 1. The molecule has 0 aromatic heterocycles. The fourth-order valence-corrected chi connectivity index (χ4v) is 3.81. The number of nitrogens with one attached hydrogen (secondary N) is 1. The minimum Gasteiger partial charge on any atom is -0.325 e. The van der Waals surface area contributed by atoms with Crippen molar-refractivity contribution in [2.75, 3.05) is 11.1 Å². The van der Waals surface area contributed by atoms with Crippen molar-refractivity contribution in [1.82, 2.24) is 0 Å². The lowest BCUT2D eigenvalue weighted by Crippen LogP contribution is -2.17. The van der Waals surface area contributed by atoms with E-state index in [1.54, 1.807) is 13.0 Å². The van der Waals surface area contributed by atoms with Gasteiger partial charge in [-0.3, -0.25) is 4.79 Å². The highest BCUT2D eigenvalue weighted by atomic mass is 35.5. The quantitative estimate of drug-likeness (QED) is 0.779. The highest BCUT2D eigenvalue weighted by molar-refractivity contribution is 7.99. The van der Waals surface area contributed by atoms with E-state index in [1.807, 2.05) is 25.1 Å². The molecule has 0 unspecified atom stereocenters. The normalized spacial score (nSPS) is 11.4. The van der Waals surface area contributed by atoms with Gasteiger partial charge in [-0.25, -0.2) is 13.6 Å². The minimum absolute atomic E-state index is 0.0162. The van der Waals surface area contributed by atoms with Gasteiger partial charge < -0.3 is 5.32 Å². The first-order valence-electron chi connectivity index (χ1n) is 7.43. The molecule has 0 saturated heterocycles. The second-order valence-corrected chi connectivity index (χ2v) is 8.61. The van der Waals surface area contributed by atoms with Gasteiger partial charge in [0, 0.05) is 16.5 Å². The van der Waals surface area contributed by atoms with Crippen molar-refractivity contribution in [1.29, 1.82) is 0 Å². The molecule has 0 bridgehead atoms. The number of carbonyl (C=O) groups is 1. The van der Waals surface area contributed by atoms with Crippen LogP contribution in [0.1, 0.15) is 16.7 Å². The number of thioether (sulfide) groups is 1. The van der Waals surface area contributed by atoms with Crippen molar-refractivity contribution in [2.45, 2.75) is 24.5 Å². The van der Waals surface area contributed by atoms with E-state index in [9.17, 15) is 13.2 Å². The molecule has 1 amide bonds. The molecule has 0 aliphatic heterocycles. The molecule has 0 aliphatic carbocycles. The molecule has 5 nitrogen and oxygen atoms in total.